The minimum absolute atomic E-state index is 0.141. The molecule has 1 N–H and O–H groups in total. The van der Waals surface area contributed by atoms with Gasteiger partial charge in [-0.15, -0.1) is 0 Å². The zero-order valence-electron chi connectivity index (χ0n) is 25.6. The maximum Gasteiger partial charge on any atom is 0.317 e. The molecule has 220 valence electrons. The third-order valence-corrected chi connectivity index (χ3v) is 8.50. The molecule has 0 fully saturated rings. The Morgan fingerprint density at radius 3 is 0.838 bits per heavy atom. The molecule has 0 aliphatic heterocycles. The van der Waals surface area contributed by atoms with E-state index in [-0.39, 0.29) is 5.78 Å². The molecule has 0 unspecified atom stereocenters. The second-order valence-corrected chi connectivity index (χ2v) is 11.9. The Labute approximate surface area is 232 Å². The first-order chi connectivity index (χ1) is 18.0. The topological polar surface area (TPSA) is 54.4 Å². The first-order valence-corrected chi connectivity index (χ1v) is 16.8. The first kappa shape index (κ1) is 36.1. The van der Waals surface area contributed by atoms with Gasteiger partial charge in [-0.3, -0.25) is 9.59 Å². The summed E-state index contributed by atoms with van der Waals surface area (Å²) in [7, 11) is 0. The summed E-state index contributed by atoms with van der Waals surface area (Å²) in [5, 5.41) is 9.96. The van der Waals surface area contributed by atoms with Gasteiger partial charge in [0.15, 0.2) is 0 Å². The van der Waals surface area contributed by atoms with E-state index in [1.54, 1.807) is 0 Å². The fourth-order valence-electron chi connectivity index (χ4n) is 5.73. The zero-order valence-corrected chi connectivity index (χ0v) is 25.6. The van der Waals surface area contributed by atoms with E-state index in [2.05, 4.69) is 13.8 Å². The first-order valence-electron chi connectivity index (χ1n) is 16.8. The van der Waals surface area contributed by atoms with Gasteiger partial charge in [0, 0.05) is 0 Å². The monoisotopic (exact) mass is 523 g/mol. The Morgan fingerprint density at radius 2 is 0.649 bits per heavy atom. The lowest BCUT2D eigenvalue weighted by Crippen LogP contribution is -2.38. The van der Waals surface area contributed by atoms with Gasteiger partial charge in [0.2, 0.25) is 0 Å². The molecule has 0 radical (unpaired) electrons. The van der Waals surface area contributed by atoms with Crippen LogP contribution in [0.5, 0.6) is 0 Å². The summed E-state index contributed by atoms with van der Waals surface area (Å²) in [4.78, 5) is 24.6. The molecule has 0 heterocycles. The quantitative estimate of drug-likeness (QED) is 0.0753. The van der Waals surface area contributed by atoms with Crippen LogP contribution in [0.15, 0.2) is 0 Å². The lowest BCUT2D eigenvalue weighted by atomic mass is 9.75. The molecular weight excluding hydrogens is 456 g/mol. The molecule has 3 heteroatoms. The smallest absolute Gasteiger partial charge is 0.317 e. The maximum atomic E-state index is 12.4. The van der Waals surface area contributed by atoms with Gasteiger partial charge in [-0.2, -0.15) is 0 Å². The second-order valence-electron chi connectivity index (χ2n) is 11.9. The number of Topliss-reactive ketones (excluding diaryl/α,β-unsaturated/α-hetero) is 1. The molecule has 0 aromatic heterocycles. The van der Waals surface area contributed by atoms with Gasteiger partial charge in [0.1, 0.15) is 11.2 Å². The van der Waals surface area contributed by atoms with E-state index in [4.69, 9.17) is 0 Å². The van der Waals surface area contributed by atoms with E-state index in [1.807, 2.05) is 0 Å². The van der Waals surface area contributed by atoms with Crippen LogP contribution in [0.1, 0.15) is 201 Å². The third kappa shape index (κ3) is 20.7. The highest BCUT2D eigenvalue weighted by Gasteiger charge is 2.42. The van der Waals surface area contributed by atoms with Crippen molar-refractivity contribution in [3.8, 4) is 0 Å². The predicted molar refractivity (Wildman–Crippen MR) is 161 cm³/mol. The Balaban J connectivity index is 3.87. The maximum absolute atomic E-state index is 12.4. The Morgan fingerprint density at radius 1 is 0.432 bits per heavy atom. The van der Waals surface area contributed by atoms with Gasteiger partial charge in [-0.05, 0) is 19.8 Å². The minimum atomic E-state index is -1.14. The molecule has 37 heavy (non-hydrogen) atoms. The van der Waals surface area contributed by atoms with E-state index >= 15 is 0 Å². The lowest BCUT2D eigenvalue weighted by Gasteiger charge is -2.27. The molecule has 0 atom stereocenters. The van der Waals surface area contributed by atoms with Crippen molar-refractivity contribution in [1.82, 2.24) is 0 Å². The predicted octanol–water partition coefficient (Wildman–Crippen LogP) is 11.6. The molecule has 0 bridgehead atoms. The van der Waals surface area contributed by atoms with Crippen molar-refractivity contribution < 1.29 is 14.7 Å². The van der Waals surface area contributed by atoms with Crippen LogP contribution in [-0.2, 0) is 9.59 Å². The summed E-state index contributed by atoms with van der Waals surface area (Å²) in [6.07, 6.45) is 34.2. The van der Waals surface area contributed by atoms with Crippen LogP contribution < -0.4 is 0 Å². The van der Waals surface area contributed by atoms with Crippen molar-refractivity contribution in [3.05, 3.63) is 0 Å². The Bertz CT molecular complexity index is 467. The molecule has 0 spiro atoms. The molecule has 0 amide bonds. The van der Waals surface area contributed by atoms with Crippen molar-refractivity contribution in [2.24, 2.45) is 5.41 Å². The van der Waals surface area contributed by atoms with Crippen molar-refractivity contribution in [2.45, 2.75) is 201 Å². The summed E-state index contributed by atoms with van der Waals surface area (Å²) < 4.78 is 0. The summed E-state index contributed by atoms with van der Waals surface area (Å²) in [5.41, 5.74) is -1.14. The van der Waals surface area contributed by atoms with E-state index in [0.29, 0.717) is 12.8 Å². The molecule has 0 rings (SSSR count). The summed E-state index contributed by atoms with van der Waals surface area (Å²) in [6, 6.07) is 0. The van der Waals surface area contributed by atoms with Crippen LogP contribution in [-0.4, -0.2) is 16.9 Å². The van der Waals surface area contributed by atoms with Crippen molar-refractivity contribution >= 4 is 11.8 Å². The van der Waals surface area contributed by atoms with Crippen LogP contribution in [0.2, 0.25) is 0 Å². The fraction of sp³-hybridized carbons (Fsp3) is 0.941. The molecule has 0 saturated heterocycles. The minimum Gasteiger partial charge on any atom is -0.480 e. The van der Waals surface area contributed by atoms with E-state index in [1.165, 1.54) is 148 Å². The number of carbonyl (C=O) groups is 2. The fourth-order valence-corrected chi connectivity index (χ4v) is 5.73. The van der Waals surface area contributed by atoms with Gasteiger partial charge in [0.05, 0.1) is 0 Å². The number of unbranched alkanes of at least 4 members (excludes halogenated alkanes) is 24. The molecule has 0 aliphatic rings. The van der Waals surface area contributed by atoms with Gasteiger partial charge in [-0.25, -0.2) is 0 Å². The molecule has 0 saturated carbocycles. The molecule has 3 nitrogen and oxygen atoms in total. The molecule has 0 aliphatic carbocycles. The third-order valence-electron chi connectivity index (χ3n) is 8.50. The van der Waals surface area contributed by atoms with E-state index < -0.39 is 11.4 Å². The highest BCUT2D eigenvalue weighted by Crippen LogP contribution is 2.34. The summed E-state index contributed by atoms with van der Waals surface area (Å²) in [6.45, 7) is 6.03. The number of carboxylic acid groups (broad SMARTS) is 1. The van der Waals surface area contributed by atoms with Crippen molar-refractivity contribution in [1.29, 1.82) is 0 Å². The second kappa shape index (κ2) is 26.7. The van der Waals surface area contributed by atoms with Crippen molar-refractivity contribution in [3.63, 3.8) is 0 Å². The van der Waals surface area contributed by atoms with Gasteiger partial charge in [0.25, 0.3) is 0 Å². The zero-order chi connectivity index (χ0) is 27.5. The summed E-state index contributed by atoms with van der Waals surface area (Å²) >= 11 is 0. The van der Waals surface area contributed by atoms with Crippen LogP contribution in [0.4, 0.5) is 0 Å². The average molecular weight is 523 g/mol. The number of hydrogen-bond acceptors (Lipinski definition) is 2. The molecule has 0 aromatic rings. The van der Waals surface area contributed by atoms with Crippen LogP contribution >= 0.6 is 0 Å². The van der Waals surface area contributed by atoms with Crippen LogP contribution in [0.3, 0.4) is 0 Å². The standard InChI is InChI=1S/C34H66O3/c1-4-6-8-10-12-14-16-18-20-22-24-26-28-30-34(32(3)35,33(36)37)31-29-27-25-23-21-19-17-15-13-11-9-7-5-2/h4-31H2,1-3H3,(H,36,37). The number of hydrogen-bond donors (Lipinski definition) is 1. The van der Waals surface area contributed by atoms with E-state index in [0.717, 1.165) is 25.7 Å². The normalized spacial score (nSPS) is 11.8. The van der Waals surface area contributed by atoms with Crippen LogP contribution in [0.25, 0.3) is 0 Å². The largest absolute Gasteiger partial charge is 0.480 e. The molecule has 0 aromatic carbocycles. The SMILES string of the molecule is CCCCCCCCCCCCCCCC(CCCCCCCCCCCCCCC)(C(C)=O)C(=O)O. The Hall–Kier alpha value is -0.860. The van der Waals surface area contributed by atoms with E-state index in [9.17, 15) is 14.7 Å². The van der Waals surface area contributed by atoms with Crippen molar-refractivity contribution in [2.75, 3.05) is 0 Å². The number of rotatable bonds is 30. The average Bonchev–Trinajstić information content (AvgIpc) is 2.87. The number of carbonyl (C=O) groups excluding carboxylic acids is 1. The Kier molecular flexibility index (Phi) is 26.1. The number of aliphatic carboxylic acids is 1. The molecular formula is C34H66O3. The van der Waals surface area contributed by atoms with Gasteiger partial charge in [-0.1, -0.05) is 181 Å². The highest BCUT2D eigenvalue weighted by atomic mass is 16.4. The number of ketones is 1. The van der Waals surface area contributed by atoms with Gasteiger partial charge < -0.3 is 5.11 Å². The van der Waals surface area contributed by atoms with Crippen LogP contribution in [0, 0.1) is 5.41 Å². The van der Waals surface area contributed by atoms with Gasteiger partial charge >= 0.3 is 5.97 Å². The summed E-state index contributed by atoms with van der Waals surface area (Å²) in [5.74, 6) is -1.03. The highest BCUT2D eigenvalue weighted by molar-refractivity contribution is 6.01. The number of carboxylic acids is 1. The lowest BCUT2D eigenvalue weighted by molar-refractivity contribution is -0.155.